The quantitative estimate of drug-likeness (QED) is 0.545. The summed E-state index contributed by atoms with van der Waals surface area (Å²) < 4.78 is 0. The highest BCUT2D eigenvalue weighted by Crippen LogP contribution is 2.58. The monoisotopic (exact) mass is 180 g/mol. The van der Waals surface area contributed by atoms with Crippen molar-refractivity contribution in [3.63, 3.8) is 0 Å². The van der Waals surface area contributed by atoms with Crippen molar-refractivity contribution in [2.45, 2.75) is 31.5 Å². The lowest BCUT2D eigenvalue weighted by molar-refractivity contribution is -0.0338. The first-order chi connectivity index (χ1) is 6.09. The van der Waals surface area contributed by atoms with Gasteiger partial charge in [0.25, 0.3) is 0 Å². The first-order valence-corrected chi connectivity index (χ1v) is 5.18. The fraction of sp³-hybridized carbons (Fsp3) is 0.818. The highest BCUT2D eigenvalue weighted by atomic mass is 16.3. The van der Waals surface area contributed by atoms with Crippen molar-refractivity contribution in [2.24, 2.45) is 23.7 Å². The third-order valence-electron chi connectivity index (χ3n) is 4.30. The van der Waals surface area contributed by atoms with Gasteiger partial charge in [-0.25, -0.2) is 0 Å². The molecule has 0 heterocycles. The third-order valence-corrected chi connectivity index (χ3v) is 4.30. The largest absolute Gasteiger partial charge is 0.393 e. The van der Waals surface area contributed by atoms with Crippen LogP contribution < -0.4 is 0 Å². The molecule has 2 nitrogen and oxygen atoms in total. The molecule has 2 saturated carbocycles. The highest BCUT2D eigenvalue weighted by molar-refractivity contribution is 5.21. The zero-order chi connectivity index (χ0) is 9.22. The van der Waals surface area contributed by atoms with E-state index in [0.717, 1.165) is 12.8 Å². The first kappa shape index (κ1) is 8.01. The number of allylic oxidation sites excluding steroid dienone is 2. The van der Waals surface area contributed by atoms with Gasteiger partial charge in [0, 0.05) is 5.92 Å². The number of hydrogen-bond acceptors (Lipinski definition) is 2. The van der Waals surface area contributed by atoms with Crippen LogP contribution in [-0.2, 0) is 0 Å². The van der Waals surface area contributed by atoms with E-state index in [1.54, 1.807) is 0 Å². The fourth-order valence-electron chi connectivity index (χ4n) is 3.96. The predicted molar refractivity (Wildman–Crippen MR) is 49.0 cm³/mol. The molecule has 3 aliphatic rings. The van der Waals surface area contributed by atoms with Crippen molar-refractivity contribution in [2.75, 3.05) is 0 Å². The normalized spacial score (nSPS) is 63.2. The number of aliphatic hydroxyl groups excluding tert-OH is 1. The Hall–Kier alpha value is -0.340. The molecule has 0 radical (unpaired) electrons. The van der Waals surface area contributed by atoms with E-state index in [1.165, 1.54) is 0 Å². The van der Waals surface area contributed by atoms with Crippen molar-refractivity contribution < 1.29 is 10.2 Å². The summed E-state index contributed by atoms with van der Waals surface area (Å²) >= 11 is 0. The minimum absolute atomic E-state index is 0.123. The Labute approximate surface area is 78.3 Å². The van der Waals surface area contributed by atoms with Crippen molar-refractivity contribution in [1.29, 1.82) is 0 Å². The van der Waals surface area contributed by atoms with Gasteiger partial charge in [-0.3, -0.25) is 0 Å². The topological polar surface area (TPSA) is 40.5 Å². The minimum atomic E-state index is -0.631. The Kier molecular flexibility index (Phi) is 1.34. The maximum absolute atomic E-state index is 10.2. The summed E-state index contributed by atoms with van der Waals surface area (Å²) in [7, 11) is 0. The second-order valence-electron chi connectivity index (χ2n) is 5.18. The average Bonchev–Trinajstić information content (AvgIpc) is 2.55. The smallest absolute Gasteiger partial charge is 0.0681 e. The van der Waals surface area contributed by atoms with E-state index in [4.69, 9.17) is 0 Å². The summed E-state index contributed by atoms with van der Waals surface area (Å²) in [5, 5.41) is 20.0. The summed E-state index contributed by atoms with van der Waals surface area (Å²) in [6.07, 6.45) is 5.91. The molecule has 0 aromatic heterocycles. The molecule has 6 atom stereocenters. The van der Waals surface area contributed by atoms with Crippen LogP contribution in [0.2, 0.25) is 0 Å². The molecule has 2 fully saturated rings. The summed E-state index contributed by atoms with van der Waals surface area (Å²) in [5.74, 6) is 1.73. The number of aliphatic hydroxyl groups is 2. The van der Waals surface area contributed by atoms with Gasteiger partial charge in [-0.05, 0) is 37.5 Å². The molecule has 2 N–H and O–H groups in total. The van der Waals surface area contributed by atoms with E-state index in [9.17, 15) is 10.2 Å². The second kappa shape index (κ2) is 2.18. The van der Waals surface area contributed by atoms with Crippen LogP contribution in [0.25, 0.3) is 0 Å². The van der Waals surface area contributed by atoms with Crippen LogP contribution in [0.5, 0.6) is 0 Å². The first-order valence-electron chi connectivity index (χ1n) is 5.18. The number of rotatable bonds is 0. The molecule has 13 heavy (non-hydrogen) atoms. The summed E-state index contributed by atoms with van der Waals surface area (Å²) in [6.45, 7) is 1.88. The molecule has 0 saturated heterocycles. The van der Waals surface area contributed by atoms with Crippen LogP contribution in [0.3, 0.4) is 0 Å². The number of hydrogen-bond donors (Lipinski definition) is 2. The van der Waals surface area contributed by atoms with Gasteiger partial charge in [0.1, 0.15) is 0 Å². The van der Waals surface area contributed by atoms with Gasteiger partial charge < -0.3 is 10.2 Å². The molecule has 0 spiro atoms. The molecule has 72 valence electrons. The lowest BCUT2D eigenvalue weighted by Gasteiger charge is -2.27. The minimum Gasteiger partial charge on any atom is -0.393 e. The van der Waals surface area contributed by atoms with Gasteiger partial charge in [0.15, 0.2) is 0 Å². The molecule has 0 bridgehead atoms. The Balaban J connectivity index is 2.03. The molecule has 0 unspecified atom stereocenters. The Morgan fingerprint density at radius 1 is 1.31 bits per heavy atom. The lowest BCUT2D eigenvalue weighted by Crippen LogP contribution is -2.36. The molecule has 0 amide bonds. The van der Waals surface area contributed by atoms with E-state index in [0.29, 0.717) is 17.8 Å². The van der Waals surface area contributed by atoms with Crippen molar-refractivity contribution in [3.8, 4) is 0 Å². The van der Waals surface area contributed by atoms with E-state index in [1.807, 2.05) is 6.92 Å². The maximum Gasteiger partial charge on any atom is 0.0681 e. The van der Waals surface area contributed by atoms with Gasteiger partial charge >= 0.3 is 0 Å². The molecule has 3 rings (SSSR count). The predicted octanol–water partition coefficient (Wildman–Crippen LogP) is 0.940. The lowest BCUT2D eigenvalue weighted by atomic mass is 9.86. The van der Waals surface area contributed by atoms with E-state index in [2.05, 4.69) is 12.2 Å². The Morgan fingerprint density at radius 2 is 2.00 bits per heavy atom. The van der Waals surface area contributed by atoms with Gasteiger partial charge in [-0.2, -0.15) is 0 Å². The second-order valence-corrected chi connectivity index (χ2v) is 5.18. The third kappa shape index (κ3) is 0.856. The molecule has 0 aliphatic heterocycles. The van der Waals surface area contributed by atoms with Crippen molar-refractivity contribution in [1.82, 2.24) is 0 Å². The zero-order valence-corrected chi connectivity index (χ0v) is 7.85. The van der Waals surface area contributed by atoms with Gasteiger partial charge in [0.05, 0.1) is 11.7 Å². The maximum atomic E-state index is 10.2. The Bertz CT molecular complexity index is 269. The molecule has 2 heteroatoms. The van der Waals surface area contributed by atoms with Crippen molar-refractivity contribution in [3.05, 3.63) is 12.2 Å². The van der Waals surface area contributed by atoms with Gasteiger partial charge in [0.2, 0.25) is 0 Å². The van der Waals surface area contributed by atoms with Crippen molar-refractivity contribution >= 4 is 0 Å². The summed E-state index contributed by atoms with van der Waals surface area (Å²) in [5.41, 5.74) is -0.631. The molecule has 0 aromatic rings. The van der Waals surface area contributed by atoms with Crippen LogP contribution in [-0.4, -0.2) is 21.9 Å². The Morgan fingerprint density at radius 3 is 2.77 bits per heavy atom. The zero-order valence-electron chi connectivity index (χ0n) is 7.85. The standard InChI is InChI=1S/C11H16O2/c1-11(13)5-7-3-2-6-4-8(12)10(11)9(6)7/h2-3,6-10,12-13H,4-5H2,1H3/t6-,7+,8-,9+,10+,11-/m1/s1. The van der Waals surface area contributed by atoms with Crippen LogP contribution in [0.1, 0.15) is 19.8 Å². The molecular formula is C11H16O2. The van der Waals surface area contributed by atoms with E-state index in [-0.39, 0.29) is 12.0 Å². The molecular weight excluding hydrogens is 164 g/mol. The van der Waals surface area contributed by atoms with E-state index < -0.39 is 5.60 Å². The van der Waals surface area contributed by atoms with Crippen LogP contribution >= 0.6 is 0 Å². The van der Waals surface area contributed by atoms with E-state index >= 15 is 0 Å². The summed E-state index contributed by atoms with van der Waals surface area (Å²) in [6, 6.07) is 0. The van der Waals surface area contributed by atoms with Crippen LogP contribution in [0, 0.1) is 23.7 Å². The van der Waals surface area contributed by atoms with Crippen LogP contribution in [0.4, 0.5) is 0 Å². The van der Waals surface area contributed by atoms with Crippen LogP contribution in [0.15, 0.2) is 12.2 Å². The van der Waals surface area contributed by atoms with Gasteiger partial charge in [-0.15, -0.1) is 0 Å². The fourth-order valence-corrected chi connectivity index (χ4v) is 3.96. The summed E-state index contributed by atoms with van der Waals surface area (Å²) in [4.78, 5) is 0. The van der Waals surface area contributed by atoms with Gasteiger partial charge in [-0.1, -0.05) is 12.2 Å². The molecule has 0 aromatic carbocycles. The SMILES string of the molecule is C[C@@]1(O)C[C@@H]2C=C[C@@H]3C[C@@H](O)[C@H]1[C@@H]32. The highest BCUT2D eigenvalue weighted by Gasteiger charge is 2.59. The average molecular weight is 180 g/mol. The molecule has 3 aliphatic carbocycles.